The van der Waals surface area contributed by atoms with Crippen molar-refractivity contribution in [3.05, 3.63) is 22.4 Å². The molecule has 0 amide bonds. The second kappa shape index (κ2) is 4.87. The van der Waals surface area contributed by atoms with E-state index < -0.39 is 0 Å². The first-order chi connectivity index (χ1) is 9.31. The van der Waals surface area contributed by atoms with E-state index in [1.54, 1.807) is 4.88 Å². The summed E-state index contributed by atoms with van der Waals surface area (Å²) in [6.07, 6.45) is 8.41. The van der Waals surface area contributed by atoms with Crippen LogP contribution in [0.15, 0.2) is 17.5 Å². The number of nitrogens with one attached hydrogen (secondary N) is 1. The molecule has 0 radical (unpaired) electrons. The molecule has 1 N–H and O–H groups in total. The molecule has 2 saturated heterocycles. The molecule has 3 atom stereocenters. The van der Waals surface area contributed by atoms with Gasteiger partial charge in [0.15, 0.2) is 0 Å². The lowest BCUT2D eigenvalue weighted by molar-refractivity contribution is 0.113. The van der Waals surface area contributed by atoms with Crippen molar-refractivity contribution in [1.29, 1.82) is 0 Å². The van der Waals surface area contributed by atoms with Crippen LogP contribution >= 0.6 is 11.3 Å². The molecule has 0 aromatic carbocycles. The smallest absolute Gasteiger partial charge is 0.0469 e. The van der Waals surface area contributed by atoms with Gasteiger partial charge in [-0.3, -0.25) is 4.90 Å². The van der Waals surface area contributed by atoms with Gasteiger partial charge in [0.1, 0.15) is 0 Å². The monoisotopic (exact) mass is 276 g/mol. The number of nitrogens with zero attached hydrogens (tertiary/aromatic N) is 1. The molecule has 2 nitrogen and oxygen atoms in total. The molecule has 4 rings (SSSR count). The predicted molar refractivity (Wildman–Crippen MR) is 80.5 cm³/mol. The van der Waals surface area contributed by atoms with Gasteiger partial charge in [-0.05, 0) is 62.9 Å². The lowest BCUT2D eigenvalue weighted by atomic mass is 9.96. The predicted octanol–water partition coefficient (Wildman–Crippen LogP) is 3.41. The number of piperidine rings is 1. The number of rotatable bonds is 4. The van der Waals surface area contributed by atoms with E-state index in [1.165, 1.54) is 38.5 Å². The Morgan fingerprint density at radius 1 is 1.21 bits per heavy atom. The summed E-state index contributed by atoms with van der Waals surface area (Å²) in [7, 11) is 2.39. The van der Waals surface area contributed by atoms with E-state index in [1.807, 2.05) is 11.3 Å². The van der Waals surface area contributed by atoms with Crippen molar-refractivity contribution in [1.82, 2.24) is 10.2 Å². The largest absolute Gasteiger partial charge is 0.311 e. The Hall–Kier alpha value is -0.380. The van der Waals surface area contributed by atoms with E-state index in [0.717, 1.165) is 24.0 Å². The highest BCUT2D eigenvalue weighted by atomic mass is 32.1. The Morgan fingerprint density at radius 3 is 2.53 bits per heavy atom. The molecule has 3 aliphatic rings. The van der Waals surface area contributed by atoms with Gasteiger partial charge in [-0.2, -0.15) is 0 Å². The highest BCUT2D eigenvalue weighted by Crippen LogP contribution is 2.47. The van der Waals surface area contributed by atoms with Gasteiger partial charge in [-0.25, -0.2) is 0 Å². The van der Waals surface area contributed by atoms with Crippen molar-refractivity contribution in [2.45, 2.75) is 62.7 Å². The zero-order valence-corrected chi connectivity index (χ0v) is 12.5. The van der Waals surface area contributed by atoms with Crippen LogP contribution in [0, 0.1) is 5.92 Å². The maximum absolute atomic E-state index is 3.77. The number of thiophene rings is 1. The van der Waals surface area contributed by atoms with Crippen molar-refractivity contribution in [2.75, 3.05) is 7.05 Å². The summed E-state index contributed by atoms with van der Waals surface area (Å²) >= 11 is 1.95. The van der Waals surface area contributed by atoms with Gasteiger partial charge in [0.05, 0.1) is 0 Å². The van der Waals surface area contributed by atoms with Crippen LogP contribution in [0.5, 0.6) is 0 Å². The van der Waals surface area contributed by atoms with Crippen molar-refractivity contribution in [2.24, 2.45) is 5.92 Å². The normalized spacial score (nSPS) is 35.8. The minimum atomic E-state index is 0.697. The third-order valence-corrected chi connectivity index (χ3v) is 6.31. The molecular weight excluding hydrogens is 252 g/mol. The van der Waals surface area contributed by atoms with Crippen molar-refractivity contribution in [3.63, 3.8) is 0 Å². The van der Waals surface area contributed by atoms with Crippen LogP contribution in [-0.4, -0.2) is 30.1 Å². The molecule has 1 aliphatic carbocycles. The van der Waals surface area contributed by atoms with Gasteiger partial charge in [0, 0.05) is 29.0 Å². The van der Waals surface area contributed by atoms with Crippen LogP contribution in [0.1, 0.15) is 49.4 Å². The van der Waals surface area contributed by atoms with Gasteiger partial charge in [0.2, 0.25) is 0 Å². The summed E-state index contributed by atoms with van der Waals surface area (Å²) in [5.41, 5.74) is 0. The molecule has 3 unspecified atom stereocenters. The Kier molecular flexibility index (Phi) is 3.17. The molecule has 3 fully saturated rings. The van der Waals surface area contributed by atoms with E-state index in [-0.39, 0.29) is 0 Å². The summed E-state index contributed by atoms with van der Waals surface area (Å²) in [5.74, 6) is 0.927. The molecule has 1 aromatic rings. The van der Waals surface area contributed by atoms with Crippen molar-refractivity contribution < 1.29 is 0 Å². The third-order valence-electron chi connectivity index (χ3n) is 5.37. The van der Waals surface area contributed by atoms with Crippen LogP contribution in [0.4, 0.5) is 0 Å². The molecule has 2 bridgehead atoms. The van der Waals surface area contributed by atoms with E-state index in [0.29, 0.717) is 6.04 Å². The lowest BCUT2D eigenvalue weighted by Gasteiger charge is -2.40. The molecule has 1 aromatic heterocycles. The zero-order chi connectivity index (χ0) is 12.8. The number of hydrogen-bond donors (Lipinski definition) is 1. The van der Waals surface area contributed by atoms with Gasteiger partial charge in [-0.1, -0.05) is 6.07 Å². The maximum atomic E-state index is 3.77. The lowest BCUT2D eigenvalue weighted by Crippen LogP contribution is -2.48. The van der Waals surface area contributed by atoms with Crippen molar-refractivity contribution in [3.8, 4) is 0 Å². The van der Waals surface area contributed by atoms with Crippen molar-refractivity contribution >= 4 is 11.3 Å². The average Bonchev–Trinajstić information content (AvgIpc) is 2.99. The average molecular weight is 276 g/mol. The molecule has 3 heteroatoms. The summed E-state index contributed by atoms with van der Waals surface area (Å²) < 4.78 is 0. The maximum Gasteiger partial charge on any atom is 0.0469 e. The summed E-state index contributed by atoms with van der Waals surface area (Å²) in [4.78, 5) is 4.33. The molecular formula is C16H24N2S. The number of hydrogen-bond acceptors (Lipinski definition) is 3. The quantitative estimate of drug-likeness (QED) is 0.906. The van der Waals surface area contributed by atoms with E-state index >= 15 is 0 Å². The van der Waals surface area contributed by atoms with Crippen LogP contribution in [-0.2, 0) is 0 Å². The topological polar surface area (TPSA) is 15.3 Å². The van der Waals surface area contributed by atoms with Crippen LogP contribution in [0.2, 0.25) is 0 Å². The van der Waals surface area contributed by atoms with E-state index in [2.05, 4.69) is 34.8 Å². The molecule has 1 saturated carbocycles. The highest BCUT2D eigenvalue weighted by molar-refractivity contribution is 7.10. The fraction of sp³-hybridized carbons (Fsp3) is 0.750. The molecule has 3 heterocycles. The first-order valence-electron chi connectivity index (χ1n) is 7.82. The minimum absolute atomic E-state index is 0.697. The van der Waals surface area contributed by atoms with Gasteiger partial charge in [0.25, 0.3) is 0 Å². The molecule has 104 valence electrons. The van der Waals surface area contributed by atoms with Crippen LogP contribution in [0.3, 0.4) is 0 Å². The Balaban J connectivity index is 1.53. The fourth-order valence-corrected chi connectivity index (χ4v) is 5.19. The van der Waals surface area contributed by atoms with Crippen LogP contribution < -0.4 is 5.32 Å². The minimum Gasteiger partial charge on any atom is -0.311 e. The Labute approximate surface area is 120 Å². The molecule has 0 spiro atoms. The summed E-state index contributed by atoms with van der Waals surface area (Å²) in [6, 6.07) is 7.66. The SMILES string of the molecule is CN(C1CC2CCC(C1)N2)C(c1cccs1)C1CC1. The molecule has 2 aliphatic heterocycles. The Morgan fingerprint density at radius 2 is 1.95 bits per heavy atom. The standard InChI is InChI=1S/C16H24N2S/c1-18(14-9-12-6-7-13(10-14)17-12)16(11-4-5-11)15-3-2-8-19-15/h2-3,8,11-14,16-17H,4-7,9-10H2,1H3. The second-order valence-corrected chi connectivity index (χ2v) is 7.71. The third kappa shape index (κ3) is 2.37. The second-order valence-electron chi connectivity index (χ2n) is 6.73. The summed E-state index contributed by atoms with van der Waals surface area (Å²) in [6.45, 7) is 0. The zero-order valence-electron chi connectivity index (χ0n) is 11.7. The first kappa shape index (κ1) is 12.4. The Bertz CT molecular complexity index is 414. The fourth-order valence-electron chi connectivity index (χ4n) is 4.22. The van der Waals surface area contributed by atoms with E-state index in [9.17, 15) is 0 Å². The molecule has 19 heavy (non-hydrogen) atoms. The van der Waals surface area contributed by atoms with Gasteiger partial charge in [-0.15, -0.1) is 11.3 Å². The van der Waals surface area contributed by atoms with E-state index in [4.69, 9.17) is 0 Å². The summed E-state index contributed by atoms with van der Waals surface area (Å²) in [5, 5.41) is 6.01. The number of fused-ring (bicyclic) bond motifs is 2. The first-order valence-corrected chi connectivity index (χ1v) is 8.70. The van der Waals surface area contributed by atoms with Crippen LogP contribution in [0.25, 0.3) is 0 Å². The van der Waals surface area contributed by atoms with Gasteiger partial charge >= 0.3 is 0 Å². The van der Waals surface area contributed by atoms with Gasteiger partial charge < -0.3 is 5.32 Å². The highest BCUT2D eigenvalue weighted by Gasteiger charge is 2.41.